The molecule has 0 aliphatic carbocycles. The molecule has 4 nitrogen and oxygen atoms in total. The van der Waals surface area contributed by atoms with Gasteiger partial charge < -0.3 is 16.2 Å². The average Bonchev–Trinajstić information content (AvgIpc) is 2.20. The van der Waals surface area contributed by atoms with Crippen molar-refractivity contribution in [2.24, 2.45) is 5.73 Å². The summed E-state index contributed by atoms with van der Waals surface area (Å²) >= 11 is 0. The van der Waals surface area contributed by atoms with Crippen LogP contribution in [-0.4, -0.2) is 17.7 Å². The van der Waals surface area contributed by atoms with E-state index in [0.29, 0.717) is 17.7 Å². The Bertz CT molecular complexity index is 405. The van der Waals surface area contributed by atoms with Gasteiger partial charge >= 0.3 is 6.03 Å². The molecule has 0 atom stereocenters. The largest absolute Gasteiger partial charge is 0.395 e. The number of nitrogens with one attached hydrogen (secondary N) is 1. The Morgan fingerprint density at radius 2 is 2.20 bits per heavy atom. The van der Waals surface area contributed by atoms with Gasteiger partial charge in [0.05, 0.1) is 12.3 Å². The Labute approximate surface area is 88.1 Å². The first-order valence-corrected chi connectivity index (χ1v) is 4.49. The number of nitrogens with two attached hydrogens (primary N) is 1. The third kappa shape index (κ3) is 3.71. The fraction of sp³-hybridized carbons (Fsp3) is 0.182. The quantitative estimate of drug-likeness (QED) is 0.626. The number of aliphatic hydroxyl groups excluding tert-OH is 1. The summed E-state index contributed by atoms with van der Waals surface area (Å²) in [4.78, 5) is 10.7. The molecule has 1 aromatic rings. The van der Waals surface area contributed by atoms with Gasteiger partial charge in [-0.05, 0) is 12.1 Å². The fourth-order valence-corrected chi connectivity index (χ4v) is 1.05. The fourth-order valence-electron chi connectivity index (χ4n) is 1.05. The Morgan fingerprint density at radius 3 is 2.87 bits per heavy atom. The molecule has 0 saturated heterocycles. The number of anilines is 1. The van der Waals surface area contributed by atoms with Gasteiger partial charge in [-0.3, -0.25) is 0 Å². The number of amides is 2. The summed E-state index contributed by atoms with van der Waals surface area (Å²) in [6.07, 6.45) is 0.408. The summed E-state index contributed by atoms with van der Waals surface area (Å²) in [6, 6.07) is 6.47. The highest BCUT2D eigenvalue weighted by molar-refractivity contribution is 5.89. The lowest BCUT2D eigenvalue weighted by molar-refractivity contribution is 0.259. The summed E-state index contributed by atoms with van der Waals surface area (Å²) in [5.74, 6) is 5.61. The monoisotopic (exact) mass is 204 g/mol. The molecular formula is C11H12N2O2. The maximum absolute atomic E-state index is 10.7. The summed E-state index contributed by atoms with van der Waals surface area (Å²) in [5.41, 5.74) is 6.27. The molecular weight excluding hydrogens is 192 g/mol. The van der Waals surface area contributed by atoms with Gasteiger partial charge in [0, 0.05) is 12.0 Å². The van der Waals surface area contributed by atoms with Crippen LogP contribution < -0.4 is 11.1 Å². The lowest BCUT2D eigenvalue weighted by Crippen LogP contribution is -2.19. The van der Waals surface area contributed by atoms with Gasteiger partial charge in [-0.2, -0.15) is 0 Å². The predicted molar refractivity (Wildman–Crippen MR) is 58.2 cm³/mol. The predicted octanol–water partition coefficient (Wildman–Crippen LogP) is 0.911. The zero-order valence-electron chi connectivity index (χ0n) is 8.16. The molecule has 0 saturated carbocycles. The molecule has 0 bridgehead atoms. The summed E-state index contributed by atoms with van der Waals surface area (Å²) in [5, 5.41) is 11.0. The van der Waals surface area contributed by atoms with Crippen LogP contribution in [0.1, 0.15) is 12.0 Å². The van der Waals surface area contributed by atoms with Gasteiger partial charge in [-0.15, -0.1) is 0 Å². The van der Waals surface area contributed by atoms with Crippen molar-refractivity contribution in [2.45, 2.75) is 6.42 Å². The SMILES string of the molecule is NC(=O)Nc1ccccc1C#CCCO. The van der Waals surface area contributed by atoms with E-state index in [0.717, 1.165) is 0 Å². The van der Waals surface area contributed by atoms with Crippen molar-refractivity contribution in [3.05, 3.63) is 29.8 Å². The zero-order chi connectivity index (χ0) is 11.1. The first-order chi connectivity index (χ1) is 7.24. The van der Waals surface area contributed by atoms with Crippen molar-refractivity contribution in [3.63, 3.8) is 0 Å². The molecule has 0 heterocycles. The third-order valence-corrected chi connectivity index (χ3v) is 1.64. The number of carbonyl (C=O) groups excluding carboxylic acids is 1. The van der Waals surface area contributed by atoms with E-state index in [2.05, 4.69) is 17.2 Å². The molecule has 1 rings (SSSR count). The summed E-state index contributed by atoms with van der Waals surface area (Å²) < 4.78 is 0. The number of para-hydroxylation sites is 1. The maximum Gasteiger partial charge on any atom is 0.316 e. The maximum atomic E-state index is 10.7. The first-order valence-electron chi connectivity index (χ1n) is 4.49. The molecule has 4 heteroatoms. The minimum atomic E-state index is -0.619. The highest BCUT2D eigenvalue weighted by atomic mass is 16.2. The van der Waals surface area contributed by atoms with Crippen molar-refractivity contribution in [3.8, 4) is 11.8 Å². The van der Waals surface area contributed by atoms with E-state index in [1.165, 1.54) is 0 Å². The van der Waals surface area contributed by atoms with E-state index in [-0.39, 0.29) is 6.61 Å². The Hall–Kier alpha value is -1.99. The van der Waals surface area contributed by atoms with Crippen LogP contribution in [0.25, 0.3) is 0 Å². The van der Waals surface area contributed by atoms with Crippen molar-refractivity contribution < 1.29 is 9.90 Å². The highest BCUT2D eigenvalue weighted by Crippen LogP contribution is 2.12. The van der Waals surface area contributed by atoms with Crippen molar-refractivity contribution in [1.29, 1.82) is 0 Å². The van der Waals surface area contributed by atoms with Crippen LogP contribution in [-0.2, 0) is 0 Å². The second kappa shape index (κ2) is 5.68. The Kier molecular flexibility index (Phi) is 4.20. The molecule has 0 aliphatic rings. The molecule has 0 aromatic heterocycles. The van der Waals surface area contributed by atoms with Crippen LogP contribution in [0.2, 0.25) is 0 Å². The molecule has 0 spiro atoms. The highest BCUT2D eigenvalue weighted by Gasteiger charge is 1.99. The van der Waals surface area contributed by atoms with Crippen molar-refractivity contribution in [1.82, 2.24) is 0 Å². The number of rotatable bonds is 2. The number of aliphatic hydroxyl groups is 1. The number of urea groups is 1. The lowest BCUT2D eigenvalue weighted by atomic mass is 10.2. The smallest absolute Gasteiger partial charge is 0.316 e. The van der Waals surface area contributed by atoms with Gasteiger partial charge in [0.1, 0.15) is 0 Å². The molecule has 0 fully saturated rings. The molecule has 0 unspecified atom stereocenters. The summed E-state index contributed by atoms with van der Waals surface area (Å²) in [7, 11) is 0. The second-order valence-electron chi connectivity index (χ2n) is 2.81. The second-order valence-corrected chi connectivity index (χ2v) is 2.81. The number of hydrogen-bond donors (Lipinski definition) is 3. The molecule has 15 heavy (non-hydrogen) atoms. The van der Waals surface area contributed by atoms with Gasteiger partial charge in [-0.1, -0.05) is 24.0 Å². The number of carbonyl (C=O) groups is 1. The zero-order valence-corrected chi connectivity index (χ0v) is 8.16. The topological polar surface area (TPSA) is 75.4 Å². The van der Waals surface area contributed by atoms with E-state index in [1.54, 1.807) is 18.2 Å². The van der Waals surface area contributed by atoms with Gasteiger partial charge in [-0.25, -0.2) is 4.79 Å². The van der Waals surface area contributed by atoms with Gasteiger partial charge in [0.25, 0.3) is 0 Å². The van der Waals surface area contributed by atoms with Crippen LogP contribution >= 0.6 is 0 Å². The van der Waals surface area contributed by atoms with E-state index < -0.39 is 6.03 Å². The first kappa shape index (κ1) is 11.1. The van der Waals surface area contributed by atoms with Crippen LogP contribution in [0.15, 0.2) is 24.3 Å². The standard InChI is InChI=1S/C11H12N2O2/c12-11(15)13-10-7-2-1-5-9(10)6-3-4-8-14/h1-2,5,7,14H,4,8H2,(H3,12,13,15). The van der Waals surface area contributed by atoms with Gasteiger partial charge in [0.15, 0.2) is 0 Å². The number of primary amides is 1. The molecule has 1 aromatic carbocycles. The number of hydrogen-bond acceptors (Lipinski definition) is 2. The molecule has 0 radical (unpaired) electrons. The minimum absolute atomic E-state index is 0.0262. The van der Waals surface area contributed by atoms with E-state index in [1.807, 2.05) is 6.07 Å². The van der Waals surface area contributed by atoms with Crippen LogP contribution in [0.3, 0.4) is 0 Å². The third-order valence-electron chi connectivity index (χ3n) is 1.64. The van der Waals surface area contributed by atoms with Crippen molar-refractivity contribution in [2.75, 3.05) is 11.9 Å². The van der Waals surface area contributed by atoms with Crippen LogP contribution in [0, 0.1) is 11.8 Å². The van der Waals surface area contributed by atoms with Crippen LogP contribution in [0.4, 0.5) is 10.5 Å². The van der Waals surface area contributed by atoms with Crippen LogP contribution in [0.5, 0.6) is 0 Å². The van der Waals surface area contributed by atoms with Gasteiger partial charge in [0.2, 0.25) is 0 Å². The molecule has 0 aliphatic heterocycles. The Balaban J connectivity index is 2.87. The van der Waals surface area contributed by atoms with E-state index in [4.69, 9.17) is 10.8 Å². The minimum Gasteiger partial charge on any atom is -0.395 e. The molecule has 4 N–H and O–H groups in total. The summed E-state index contributed by atoms with van der Waals surface area (Å²) in [6.45, 7) is 0.0262. The van der Waals surface area contributed by atoms with E-state index in [9.17, 15) is 4.79 Å². The molecule has 78 valence electrons. The Morgan fingerprint density at radius 1 is 1.47 bits per heavy atom. The van der Waals surface area contributed by atoms with E-state index >= 15 is 0 Å². The lowest BCUT2D eigenvalue weighted by Gasteiger charge is -2.03. The molecule has 2 amide bonds. The van der Waals surface area contributed by atoms with Crippen molar-refractivity contribution >= 4 is 11.7 Å². The average molecular weight is 204 g/mol. The normalized spacial score (nSPS) is 8.87. The number of benzene rings is 1.